The number of carbonyl (C=O) groups is 1. The Morgan fingerprint density at radius 3 is 2.71 bits per heavy atom. The van der Waals surface area contributed by atoms with Crippen molar-refractivity contribution >= 4 is 11.9 Å². The van der Waals surface area contributed by atoms with E-state index in [4.69, 9.17) is 9.47 Å². The summed E-state index contributed by atoms with van der Waals surface area (Å²) < 4.78 is 11.7. The Labute approximate surface area is 167 Å². The number of fused-ring (bicyclic) bond motifs is 1. The van der Waals surface area contributed by atoms with Crippen molar-refractivity contribution in [2.24, 2.45) is 10.9 Å². The third kappa shape index (κ3) is 5.53. The molecule has 1 aliphatic heterocycles. The van der Waals surface area contributed by atoms with E-state index in [-0.39, 0.29) is 17.9 Å². The molecule has 1 unspecified atom stereocenters. The van der Waals surface area contributed by atoms with Gasteiger partial charge in [0, 0.05) is 43.1 Å². The highest BCUT2D eigenvalue weighted by atomic mass is 16.5. The Bertz CT molecular complexity index is 716. The van der Waals surface area contributed by atoms with E-state index in [0.29, 0.717) is 26.2 Å². The van der Waals surface area contributed by atoms with Gasteiger partial charge in [0.1, 0.15) is 17.6 Å². The van der Waals surface area contributed by atoms with Gasteiger partial charge >= 0.3 is 0 Å². The Morgan fingerprint density at radius 2 is 2.00 bits per heavy atom. The average molecular weight is 389 g/mol. The zero-order chi connectivity index (χ0) is 19.9. The van der Waals surface area contributed by atoms with E-state index in [9.17, 15) is 4.79 Å². The molecule has 0 aromatic heterocycles. The maximum Gasteiger partial charge on any atom is 0.223 e. The molecule has 1 atom stereocenters. The second-order valence-corrected chi connectivity index (χ2v) is 7.32. The molecular weight excluding hydrogens is 356 g/mol. The van der Waals surface area contributed by atoms with Gasteiger partial charge in [0.2, 0.25) is 5.91 Å². The lowest BCUT2D eigenvalue weighted by Gasteiger charge is -2.14. The van der Waals surface area contributed by atoms with Gasteiger partial charge in [-0.1, -0.05) is 0 Å². The molecule has 0 spiro atoms. The number of ether oxygens (including phenoxy) is 2. The first-order valence-corrected chi connectivity index (χ1v) is 10.4. The minimum atomic E-state index is 0.164. The van der Waals surface area contributed by atoms with E-state index in [2.05, 4.69) is 33.9 Å². The number of guanidine groups is 1. The van der Waals surface area contributed by atoms with Crippen LogP contribution in [0, 0.1) is 5.92 Å². The van der Waals surface area contributed by atoms with Gasteiger partial charge in [0.25, 0.3) is 0 Å². The van der Waals surface area contributed by atoms with Crippen molar-refractivity contribution < 1.29 is 14.3 Å². The number of rotatable bonds is 9. The number of nitrogens with zero attached hydrogens (tertiary/aromatic N) is 1. The van der Waals surface area contributed by atoms with Crippen LogP contribution in [0.5, 0.6) is 11.5 Å². The van der Waals surface area contributed by atoms with Crippen molar-refractivity contribution in [2.45, 2.75) is 52.7 Å². The molecule has 7 nitrogen and oxygen atoms in total. The minimum Gasteiger partial charge on any atom is -0.494 e. The lowest BCUT2D eigenvalue weighted by molar-refractivity contribution is -0.122. The predicted molar refractivity (Wildman–Crippen MR) is 110 cm³/mol. The molecule has 0 bridgehead atoms. The van der Waals surface area contributed by atoms with Gasteiger partial charge in [-0.2, -0.15) is 0 Å². The van der Waals surface area contributed by atoms with Crippen LogP contribution in [0.1, 0.15) is 44.7 Å². The molecule has 1 amide bonds. The standard InChI is InChI=1S/C21H32N4O3/c1-4-22-21(24-9-8-23-20(26)15-6-7-15)25-13-17-12-19-16(10-14(3)28-19)11-18(17)27-5-2/h11-12,14-15H,4-10,13H2,1-3H3,(H,23,26)(H2,22,24,25). The number of nitrogens with one attached hydrogen (secondary N) is 3. The number of aliphatic imine (C=N–C) groups is 1. The largest absolute Gasteiger partial charge is 0.494 e. The summed E-state index contributed by atoms with van der Waals surface area (Å²) in [7, 11) is 0. The van der Waals surface area contributed by atoms with Crippen LogP contribution in [0.3, 0.4) is 0 Å². The van der Waals surface area contributed by atoms with E-state index < -0.39 is 0 Å². The number of benzene rings is 1. The second-order valence-electron chi connectivity index (χ2n) is 7.32. The van der Waals surface area contributed by atoms with Crippen LogP contribution in [-0.4, -0.2) is 44.2 Å². The van der Waals surface area contributed by atoms with E-state index in [1.54, 1.807) is 0 Å². The smallest absolute Gasteiger partial charge is 0.223 e. The Hall–Kier alpha value is -2.44. The van der Waals surface area contributed by atoms with Crippen LogP contribution in [0.25, 0.3) is 0 Å². The topological polar surface area (TPSA) is 84.0 Å². The highest BCUT2D eigenvalue weighted by Gasteiger charge is 2.29. The zero-order valence-corrected chi connectivity index (χ0v) is 17.1. The summed E-state index contributed by atoms with van der Waals surface area (Å²) in [5, 5.41) is 9.46. The Morgan fingerprint density at radius 1 is 1.21 bits per heavy atom. The Balaban J connectivity index is 1.59. The quantitative estimate of drug-likeness (QED) is 0.342. The summed E-state index contributed by atoms with van der Waals surface area (Å²) in [5.74, 6) is 2.93. The normalized spacial score (nSPS) is 18.2. The molecule has 154 valence electrons. The summed E-state index contributed by atoms with van der Waals surface area (Å²) in [5.41, 5.74) is 2.20. The van der Waals surface area contributed by atoms with Crippen molar-refractivity contribution in [3.63, 3.8) is 0 Å². The third-order valence-corrected chi connectivity index (χ3v) is 4.80. The first kappa shape index (κ1) is 20.3. The fraction of sp³-hybridized carbons (Fsp3) is 0.619. The number of amides is 1. The Kier molecular flexibility index (Phi) is 7.01. The fourth-order valence-electron chi connectivity index (χ4n) is 3.26. The number of carbonyl (C=O) groups excluding carboxylic acids is 1. The summed E-state index contributed by atoms with van der Waals surface area (Å²) in [6.07, 6.45) is 3.16. The van der Waals surface area contributed by atoms with Gasteiger partial charge in [-0.15, -0.1) is 0 Å². The summed E-state index contributed by atoms with van der Waals surface area (Å²) >= 11 is 0. The van der Waals surface area contributed by atoms with Crippen molar-refractivity contribution in [1.82, 2.24) is 16.0 Å². The van der Waals surface area contributed by atoms with Crippen LogP contribution in [0.2, 0.25) is 0 Å². The maximum atomic E-state index is 11.7. The lowest BCUT2D eigenvalue weighted by Crippen LogP contribution is -2.41. The van der Waals surface area contributed by atoms with Crippen LogP contribution >= 0.6 is 0 Å². The molecule has 1 heterocycles. The monoisotopic (exact) mass is 388 g/mol. The van der Waals surface area contributed by atoms with Crippen LogP contribution < -0.4 is 25.4 Å². The van der Waals surface area contributed by atoms with Gasteiger partial charge in [-0.05, 0) is 45.7 Å². The van der Waals surface area contributed by atoms with E-state index in [0.717, 1.165) is 48.8 Å². The van der Waals surface area contributed by atoms with Gasteiger partial charge in [-0.3, -0.25) is 4.79 Å². The van der Waals surface area contributed by atoms with Gasteiger partial charge in [0.15, 0.2) is 5.96 Å². The zero-order valence-electron chi connectivity index (χ0n) is 17.1. The van der Waals surface area contributed by atoms with Crippen molar-refractivity contribution in [3.05, 3.63) is 23.3 Å². The van der Waals surface area contributed by atoms with Gasteiger partial charge < -0.3 is 25.4 Å². The molecule has 3 N–H and O–H groups in total. The lowest BCUT2D eigenvalue weighted by atomic mass is 10.1. The molecule has 1 aliphatic carbocycles. The molecule has 28 heavy (non-hydrogen) atoms. The van der Waals surface area contributed by atoms with Crippen LogP contribution in [-0.2, 0) is 17.8 Å². The van der Waals surface area contributed by atoms with Crippen molar-refractivity contribution in [2.75, 3.05) is 26.2 Å². The SMILES string of the molecule is CCNC(=NCc1cc2c(cc1OCC)CC(C)O2)NCCNC(=O)C1CC1. The molecular formula is C21H32N4O3. The van der Waals surface area contributed by atoms with Crippen molar-refractivity contribution in [1.29, 1.82) is 0 Å². The molecule has 7 heteroatoms. The number of hydrogen-bond donors (Lipinski definition) is 3. The highest BCUT2D eigenvalue weighted by Crippen LogP contribution is 2.35. The van der Waals surface area contributed by atoms with E-state index in [1.165, 1.54) is 5.56 Å². The summed E-state index contributed by atoms with van der Waals surface area (Å²) in [6.45, 7) is 9.19. The van der Waals surface area contributed by atoms with E-state index >= 15 is 0 Å². The molecule has 1 fully saturated rings. The van der Waals surface area contributed by atoms with Gasteiger partial charge in [0.05, 0.1) is 13.2 Å². The number of hydrogen-bond acceptors (Lipinski definition) is 4. The first-order valence-electron chi connectivity index (χ1n) is 10.4. The molecule has 2 aliphatic rings. The van der Waals surface area contributed by atoms with Crippen molar-refractivity contribution in [3.8, 4) is 11.5 Å². The first-order chi connectivity index (χ1) is 13.6. The molecule has 1 saturated carbocycles. The highest BCUT2D eigenvalue weighted by molar-refractivity contribution is 5.81. The molecule has 0 saturated heterocycles. The summed E-state index contributed by atoms with van der Waals surface area (Å²) in [6, 6.07) is 4.13. The van der Waals surface area contributed by atoms with Crippen LogP contribution in [0.4, 0.5) is 0 Å². The fourth-order valence-corrected chi connectivity index (χ4v) is 3.26. The average Bonchev–Trinajstić information content (AvgIpc) is 3.45. The second kappa shape index (κ2) is 9.66. The minimum absolute atomic E-state index is 0.164. The third-order valence-electron chi connectivity index (χ3n) is 4.80. The molecule has 1 aromatic rings. The molecule has 0 radical (unpaired) electrons. The molecule has 3 rings (SSSR count). The van der Waals surface area contributed by atoms with Crippen LogP contribution in [0.15, 0.2) is 17.1 Å². The molecule has 1 aromatic carbocycles. The summed E-state index contributed by atoms with van der Waals surface area (Å²) in [4.78, 5) is 16.4. The predicted octanol–water partition coefficient (Wildman–Crippen LogP) is 1.99. The maximum absolute atomic E-state index is 11.7. The van der Waals surface area contributed by atoms with E-state index in [1.807, 2.05) is 19.9 Å². The van der Waals surface area contributed by atoms with Gasteiger partial charge in [-0.25, -0.2) is 4.99 Å².